The number of rotatable bonds is 3. The maximum atomic E-state index is 5.87. The highest BCUT2D eigenvalue weighted by Gasteiger charge is 2.12. The number of nitrogens with two attached hydrogens (primary N) is 1. The Labute approximate surface area is 154 Å². The van der Waals surface area contributed by atoms with Gasteiger partial charge in [-0.05, 0) is 60.7 Å². The molecule has 0 bridgehead atoms. The Morgan fingerprint density at radius 1 is 0.741 bits per heavy atom. The molecule has 6 nitrogen and oxygen atoms in total. The van der Waals surface area contributed by atoms with Gasteiger partial charge < -0.3 is 19.9 Å². The summed E-state index contributed by atoms with van der Waals surface area (Å²) in [5, 5.41) is 3.10. The van der Waals surface area contributed by atoms with Crippen LogP contribution in [0.2, 0.25) is 0 Å². The third kappa shape index (κ3) is 2.67. The second-order valence-electron chi connectivity index (χ2n) is 6.28. The maximum Gasteiger partial charge on any atom is 0.227 e. The van der Waals surface area contributed by atoms with Gasteiger partial charge in [0, 0.05) is 29.5 Å². The molecule has 0 aliphatic carbocycles. The summed E-state index contributed by atoms with van der Waals surface area (Å²) in [4.78, 5) is 9.09. The summed E-state index contributed by atoms with van der Waals surface area (Å²) in [6.45, 7) is 0. The molecule has 3 N–H and O–H groups in total. The normalized spacial score (nSPS) is 11.3. The summed E-state index contributed by atoms with van der Waals surface area (Å²) >= 11 is 0. The molecule has 0 spiro atoms. The van der Waals surface area contributed by atoms with Crippen LogP contribution >= 0.6 is 0 Å². The molecule has 132 valence electrons. The van der Waals surface area contributed by atoms with E-state index in [4.69, 9.17) is 14.6 Å². The molecular formula is C21H16N4O2. The van der Waals surface area contributed by atoms with Crippen molar-refractivity contribution in [1.29, 1.82) is 0 Å². The molecule has 0 radical (unpaired) electrons. The molecule has 0 aliphatic rings. The average Bonchev–Trinajstić information content (AvgIpc) is 3.31. The number of nitrogens with zero attached hydrogens (tertiary/aromatic N) is 2. The number of hydrogen-bond donors (Lipinski definition) is 2. The van der Waals surface area contributed by atoms with E-state index in [2.05, 4.69) is 15.3 Å². The summed E-state index contributed by atoms with van der Waals surface area (Å²) in [5.41, 5.74) is 12.3. The number of nitrogen functional groups attached to an aromatic ring is 1. The minimum atomic E-state index is 0.554. The molecule has 0 saturated carbocycles. The number of hydrogen-bond acceptors (Lipinski definition) is 6. The molecule has 2 heterocycles. The summed E-state index contributed by atoms with van der Waals surface area (Å²) in [6, 6.07) is 19.0. The first-order valence-electron chi connectivity index (χ1n) is 8.55. The fourth-order valence-electron chi connectivity index (χ4n) is 3.03. The van der Waals surface area contributed by atoms with E-state index in [1.165, 1.54) is 0 Å². The molecule has 0 unspecified atom stereocenters. The van der Waals surface area contributed by atoms with Gasteiger partial charge in [0.15, 0.2) is 11.2 Å². The topological polar surface area (TPSA) is 90.1 Å². The van der Waals surface area contributed by atoms with Crippen molar-refractivity contribution in [2.75, 3.05) is 18.1 Å². The van der Waals surface area contributed by atoms with Crippen molar-refractivity contribution < 1.29 is 8.83 Å². The Morgan fingerprint density at radius 2 is 1.30 bits per heavy atom. The van der Waals surface area contributed by atoms with Gasteiger partial charge in [-0.15, -0.1) is 0 Å². The highest BCUT2D eigenvalue weighted by atomic mass is 16.4. The highest BCUT2D eigenvalue weighted by molar-refractivity contribution is 5.81. The van der Waals surface area contributed by atoms with Crippen molar-refractivity contribution in [3.8, 4) is 22.9 Å². The van der Waals surface area contributed by atoms with Crippen molar-refractivity contribution in [3.05, 3.63) is 60.7 Å². The number of oxazole rings is 2. The molecule has 0 amide bonds. The summed E-state index contributed by atoms with van der Waals surface area (Å²) < 4.78 is 11.7. The van der Waals surface area contributed by atoms with Crippen molar-refractivity contribution in [3.63, 3.8) is 0 Å². The van der Waals surface area contributed by atoms with Crippen molar-refractivity contribution in [2.24, 2.45) is 0 Å². The van der Waals surface area contributed by atoms with Crippen LogP contribution in [0.5, 0.6) is 0 Å². The largest absolute Gasteiger partial charge is 0.436 e. The van der Waals surface area contributed by atoms with Crippen molar-refractivity contribution in [2.45, 2.75) is 0 Å². The van der Waals surface area contributed by atoms with Crippen LogP contribution in [-0.4, -0.2) is 17.0 Å². The van der Waals surface area contributed by atoms with Gasteiger partial charge in [-0.2, -0.15) is 0 Å². The smallest absolute Gasteiger partial charge is 0.227 e. The van der Waals surface area contributed by atoms with E-state index in [1.54, 1.807) is 12.1 Å². The van der Waals surface area contributed by atoms with Crippen LogP contribution in [0.1, 0.15) is 0 Å². The van der Waals surface area contributed by atoms with Crippen LogP contribution in [0.3, 0.4) is 0 Å². The molecule has 0 aliphatic heterocycles. The second kappa shape index (κ2) is 5.88. The minimum absolute atomic E-state index is 0.554. The first kappa shape index (κ1) is 15.5. The van der Waals surface area contributed by atoms with Crippen LogP contribution < -0.4 is 11.1 Å². The van der Waals surface area contributed by atoms with Crippen LogP contribution in [0.4, 0.5) is 11.4 Å². The minimum Gasteiger partial charge on any atom is -0.436 e. The number of anilines is 2. The van der Waals surface area contributed by atoms with E-state index in [1.807, 2.05) is 55.6 Å². The number of fused-ring (bicyclic) bond motifs is 2. The van der Waals surface area contributed by atoms with Crippen LogP contribution in [0.25, 0.3) is 45.1 Å². The Morgan fingerprint density at radius 3 is 1.89 bits per heavy atom. The lowest BCUT2D eigenvalue weighted by Gasteiger charge is -1.97. The Hall–Kier alpha value is -3.80. The molecular weight excluding hydrogens is 340 g/mol. The first-order valence-corrected chi connectivity index (χ1v) is 8.55. The molecule has 5 aromatic rings. The van der Waals surface area contributed by atoms with Crippen molar-refractivity contribution >= 4 is 33.6 Å². The number of benzene rings is 3. The van der Waals surface area contributed by atoms with E-state index in [0.29, 0.717) is 23.1 Å². The monoisotopic (exact) mass is 356 g/mol. The van der Waals surface area contributed by atoms with Gasteiger partial charge in [-0.25, -0.2) is 9.97 Å². The Bertz CT molecular complexity index is 1270. The molecule has 0 fully saturated rings. The molecule has 2 aromatic heterocycles. The van der Waals surface area contributed by atoms with Gasteiger partial charge in [-0.1, -0.05) is 0 Å². The summed E-state index contributed by atoms with van der Waals surface area (Å²) in [7, 11) is 1.88. The fraction of sp³-hybridized carbons (Fsp3) is 0.0476. The molecule has 0 saturated heterocycles. The standard InChI is InChI=1S/C21H16N4O2/c1-23-15-7-9-19-17(11-15)25-21(27-19)13-4-2-12(3-5-13)20-24-16-10-14(22)6-8-18(16)26-20/h2-11,23H,22H2,1H3. The van der Waals surface area contributed by atoms with Gasteiger partial charge >= 0.3 is 0 Å². The van der Waals surface area contributed by atoms with E-state index in [0.717, 1.165) is 33.4 Å². The zero-order valence-corrected chi connectivity index (χ0v) is 14.6. The van der Waals surface area contributed by atoms with E-state index in [9.17, 15) is 0 Å². The highest BCUT2D eigenvalue weighted by Crippen LogP contribution is 2.29. The molecule has 27 heavy (non-hydrogen) atoms. The second-order valence-corrected chi connectivity index (χ2v) is 6.28. The zero-order valence-electron chi connectivity index (χ0n) is 14.6. The van der Waals surface area contributed by atoms with Crippen LogP contribution in [0, 0.1) is 0 Å². The molecule has 6 heteroatoms. The van der Waals surface area contributed by atoms with Crippen LogP contribution in [-0.2, 0) is 0 Å². The lowest BCUT2D eigenvalue weighted by Crippen LogP contribution is -1.86. The Balaban J connectivity index is 1.50. The first-order chi connectivity index (χ1) is 13.2. The van der Waals surface area contributed by atoms with Crippen molar-refractivity contribution in [1.82, 2.24) is 9.97 Å². The van der Waals surface area contributed by atoms with Gasteiger partial charge in [0.05, 0.1) is 0 Å². The maximum absolute atomic E-state index is 5.87. The van der Waals surface area contributed by atoms with E-state index >= 15 is 0 Å². The Kier molecular flexibility index (Phi) is 3.36. The summed E-state index contributed by atoms with van der Waals surface area (Å²) in [6.07, 6.45) is 0. The van der Waals surface area contributed by atoms with Gasteiger partial charge in [-0.3, -0.25) is 0 Å². The van der Waals surface area contributed by atoms with E-state index < -0.39 is 0 Å². The predicted molar refractivity (Wildman–Crippen MR) is 106 cm³/mol. The molecule has 3 aromatic carbocycles. The van der Waals surface area contributed by atoms with E-state index in [-0.39, 0.29) is 0 Å². The predicted octanol–water partition coefficient (Wildman–Crippen LogP) is 4.93. The molecule has 0 atom stereocenters. The fourth-order valence-corrected chi connectivity index (χ4v) is 3.03. The average molecular weight is 356 g/mol. The molecule has 5 rings (SSSR count). The SMILES string of the molecule is CNc1ccc2oc(-c3ccc(-c4nc5cc(N)ccc5o4)cc3)nc2c1. The van der Waals surface area contributed by atoms with Gasteiger partial charge in [0.1, 0.15) is 11.0 Å². The third-order valence-electron chi connectivity index (χ3n) is 4.47. The summed E-state index contributed by atoms with van der Waals surface area (Å²) in [5.74, 6) is 1.13. The lowest BCUT2D eigenvalue weighted by molar-refractivity contribution is 0.617. The third-order valence-corrected chi connectivity index (χ3v) is 4.47. The number of aromatic nitrogens is 2. The van der Waals surface area contributed by atoms with Gasteiger partial charge in [0.2, 0.25) is 11.8 Å². The zero-order chi connectivity index (χ0) is 18.4. The number of nitrogens with one attached hydrogen (secondary N) is 1. The van der Waals surface area contributed by atoms with Crippen LogP contribution in [0.15, 0.2) is 69.5 Å². The van der Waals surface area contributed by atoms with Gasteiger partial charge in [0.25, 0.3) is 0 Å². The lowest BCUT2D eigenvalue weighted by atomic mass is 10.1. The quantitative estimate of drug-likeness (QED) is 0.446.